The number of rotatable bonds is 8. The number of hydrogen-bond donors (Lipinski definition) is 1. The van der Waals surface area contributed by atoms with E-state index in [0.717, 1.165) is 15.9 Å². The number of ether oxygens (including phenoxy) is 1. The molecule has 2 amide bonds. The molecule has 0 atom stereocenters. The lowest BCUT2D eigenvalue weighted by Gasteiger charge is -2.18. The molecule has 33 heavy (non-hydrogen) atoms. The second-order valence-electron chi connectivity index (χ2n) is 7.06. The number of anilines is 1. The summed E-state index contributed by atoms with van der Waals surface area (Å²) in [7, 11) is 0. The van der Waals surface area contributed by atoms with Gasteiger partial charge in [-0.05, 0) is 45.4 Å². The zero-order valence-corrected chi connectivity index (χ0v) is 19.7. The number of thiophene rings is 1. The molecule has 1 N–H and O–H groups in total. The van der Waals surface area contributed by atoms with Crippen LogP contribution in [0.15, 0.2) is 29.5 Å². The van der Waals surface area contributed by atoms with Gasteiger partial charge >= 0.3 is 5.97 Å². The van der Waals surface area contributed by atoms with Crippen LogP contribution < -0.4 is 10.9 Å². The zero-order chi connectivity index (χ0) is 24.1. The predicted molar refractivity (Wildman–Crippen MR) is 125 cm³/mol. The van der Waals surface area contributed by atoms with Gasteiger partial charge in [-0.3, -0.25) is 19.0 Å². The Balaban J connectivity index is 1.93. The molecule has 10 nitrogen and oxygen atoms in total. The summed E-state index contributed by atoms with van der Waals surface area (Å²) in [6.45, 7) is 7.90. The van der Waals surface area contributed by atoms with E-state index in [1.54, 1.807) is 30.9 Å². The first-order chi connectivity index (χ1) is 15.8. The summed E-state index contributed by atoms with van der Waals surface area (Å²) in [5.74, 6) is -1.40. The quantitative estimate of drug-likeness (QED) is 0.501. The highest BCUT2D eigenvalue weighted by atomic mass is 32.1. The van der Waals surface area contributed by atoms with E-state index in [1.165, 1.54) is 12.5 Å². The molecule has 3 rings (SSSR count). The van der Waals surface area contributed by atoms with Crippen LogP contribution in [0.1, 0.15) is 46.4 Å². The van der Waals surface area contributed by atoms with Crippen molar-refractivity contribution >= 4 is 45.2 Å². The van der Waals surface area contributed by atoms with E-state index >= 15 is 0 Å². The van der Waals surface area contributed by atoms with Crippen LogP contribution in [0.4, 0.5) is 5.00 Å². The van der Waals surface area contributed by atoms with Crippen molar-refractivity contribution in [2.24, 2.45) is 0 Å². The third-order valence-corrected chi connectivity index (χ3v) is 6.23. The number of nitrogens with zero attached hydrogens (tertiary/aromatic N) is 4. The maximum absolute atomic E-state index is 12.9. The first kappa shape index (κ1) is 24.1. The maximum atomic E-state index is 12.9. The number of hydrogen-bond acceptors (Lipinski definition) is 8. The van der Waals surface area contributed by atoms with Crippen LogP contribution in [0, 0.1) is 6.92 Å². The molecule has 0 aliphatic heterocycles. The van der Waals surface area contributed by atoms with E-state index in [9.17, 15) is 19.2 Å². The van der Waals surface area contributed by atoms with Crippen LogP contribution in [-0.2, 0) is 16.1 Å². The van der Waals surface area contributed by atoms with Crippen molar-refractivity contribution in [3.8, 4) is 0 Å². The fourth-order valence-corrected chi connectivity index (χ4v) is 4.52. The van der Waals surface area contributed by atoms with Crippen LogP contribution in [0.25, 0.3) is 11.0 Å². The molecule has 11 heteroatoms. The van der Waals surface area contributed by atoms with Crippen molar-refractivity contribution in [1.82, 2.24) is 19.4 Å². The molecular formula is C22H25N5O5S. The molecule has 0 aliphatic rings. The van der Waals surface area contributed by atoms with Gasteiger partial charge in [0.1, 0.15) is 17.9 Å². The third-order valence-electron chi connectivity index (χ3n) is 5.04. The van der Waals surface area contributed by atoms with Gasteiger partial charge in [0.15, 0.2) is 5.65 Å². The van der Waals surface area contributed by atoms with Gasteiger partial charge in [0.2, 0.25) is 5.91 Å². The number of pyridine rings is 1. The summed E-state index contributed by atoms with van der Waals surface area (Å²) in [6.07, 6.45) is 2.78. The largest absolute Gasteiger partial charge is 0.462 e. The van der Waals surface area contributed by atoms with Gasteiger partial charge in [-0.25, -0.2) is 14.8 Å². The number of aromatic nitrogens is 3. The standard InChI is InChI=1S/C22H25N5O5S/c1-5-26(6-2)21(30)17-13(4)16(22(31)32-7-3)19(33-17)25-15(28)11-27-12-24-18-14(20(27)29)9-8-10-23-18/h8-10,12H,5-7,11H2,1-4H3,(H,25,28). The van der Waals surface area contributed by atoms with Crippen LogP contribution in [0.3, 0.4) is 0 Å². The van der Waals surface area contributed by atoms with Gasteiger partial charge in [-0.15, -0.1) is 11.3 Å². The Bertz CT molecular complexity index is 1260. The van der Waals surface area contributed by atoms with Gasteiger partial charge in [-0.2, -0.15) is 0 Å². The van der Waals surface area contributed by atoms with E-state index in [1.807, 2.05) is 13.8 Å². The molecule has 3 heterocycles. The molecule has 0 fully saturated rings. The van der Waals surface area contributed by atoms with E-state index in [2.05, 4.69) is 15.3 Å². The van der Waals surface area contributed by atoms with E-state index < -0.39 is 17.4 Å². The minimum Gasteiger partial charge on any atom is -0.462 e. The fourth-order valence-electron chi connectivity index (χ4n) is 3.34. The van der Waals surface area contributed by atoms with Crippen molar-refractivity contribution in [3.05, 3.63) is 51.0 Å². The predicted octanol–water partition coefficient (Wildman–Crippen LogP) is 2.46. The summed E-state index contributed by atoms with van der Waals surface area (Å²) in [5.41, 5.74) is 0.464. The fraction of sp³-hybridized carbons (Fsp3) is 0.364. The topological polar surface area (TPSA) is 123 Å². The summed E-state index contributed by atoms with van der Waals surface area (Å²) >= 11 is 1.02. The molecule has 0 radical (unpaired) electrons. The van der Waals surface area contributed by atoms with Crippen LogP contribution in [0.2, 0.25) is 0 Å². The van der Waals surface area contributed by atoms with Crippen LogP contribution >= 0.6 is 11.3 Å². The molecule has 0 saturated carbocycles. The Morgan fingerprint density at radius 2 is 1.91 bits per heavy atom. The second-order valence-corrected chi connectivity index (χ2v) is 8.08. The molecule has 0 bridgehead atoms. The zero-order valence-electron chi connectivity index (χ0n) is 18.9. The number of amides is 2. The second kappa shape index (κ2) is 10.3. The van der Waals surface area contributed by atoms with E-state index in [0.29, 0.717) is 28.9 Å². The molecule has 3 aromatic rings. The SMILES string of the molecule is CCOC(=O)c1c(NC(=O)Cn2cnc3ncccc3c2=O)sc(C(=O)N(CC)CC)c1C. The Labute approximate surface area is 194 Å². The third kappa shape index (κ3) is 4.92. The van der Waals surface area contributed by atoms with Crippen molar-refractivity contribution in [3.63, 3.8) is 0 Å². The Morgan fingerprint density at radius 3 is 2.58 bits per heavy atom. The van der Waals surface area contributed by atoms with Gasteiger partial charge in [0.05, 0.1) is 22.4 Å². The normalized spacial score (nSPS) is 10.8. The van der Waals surface area contributed by atoms with Crippen molar-refractivity contribution in [1.29, 1.82) is 0 Å². The lowest BCUT2D eigenvalue weighted by molar-refractivity contribution is -0.116. The number of nitrogens with one attached hydrogen (secondary N) is 1. The highest BCUT2D eigenvalue weighted by Crippen LogP contribution is 2.34. The Kier molecular flexibility index (Phi) is 7.54. The lowest BCUT2D eigenvalue weighted by Crippen LogP contribution is -2.30. The molecule has 0 saturated heterocycles. The summed E-state index contributed by atoms with van der Waals surface area (Å²) in [5, 5.41) is 3.16. The van der Waals surface area contributed by atoms with Gasteiger partial charge < -0.3 is 15.0 Å². The highest BCUT2D eigenvalue weighted by molar-refractivity contribution is 7.18. The first-order valence-electron chi connectivity index (χ1n) is 10.5. The monoisotopic (exact) mass is 471 g/mol. The molecule has 3 aromatic heterocycles. The Morgan fingerprint density at radius 1 is 1.18 bits per heavy atom. The average molecular weight is 472 g/mol. The molecular weight excluding hydrogens is 446 g/mol. The number of carbonyl (C=O) groups is 3. The van der Waals surface area contributed by atoms with Gasteiger partial charge in [0, 0.05) is 19.3 Å². The average Bonchev–Trinajstić information content (AvgIpc) is 3.12. The van der Waals surface area contributed by atoms with Gasteiger partial charge in [-0.1, -0.05) is 0 Å². The summed E-state index contributed by atoms with van der Waals surface area (Å²) in [6, 6.07) is 3.20. The first-order valence-corrected chi connectivity index (χ1v) is 11.3. The van der Waals surface area contributed by atoms with Crippen LogP contribution in [-0.4, -0.2) is 56.9 Å². The minimum absolute atomic E-state index is 0.138. The molecule has 0 aliphatic carbocycles. The number of carbonyl (C=O) groups excluding carboxylic acids is 3. The van der Waals surface area contributed by atoms with E-state index in [4.69, 9.17) is 4.74 Å². The summed E-state index contributed by atoms with van der Waals surface area (Å²) in [4.78, 5) is 61.1. The van der Waals surface area contributed by atoms with Crippen molar-refractivity contribution in [2.45, 2.75) is 34.2 Å². The summed E-state index contributed by atoms with van der Waals surface area (Å²) < 4.78 is 6.30. The maximum Gasteiger partial charge on any atom is 0.341 e. The van der Waals surface area contributed by atoms with Crippen LogP contribution in [0.5, 0.6) is 0 Å². The molecule has 174 valence electrons. The highest BCUT2D eigenvalue weighted by Gasteiger charge is 2.28. The van der Waals surface area contributed by atoms with E-state index in [-0.39, 0.29) is 35.3 Å². The van der Waals surface area contributed by atoms with Crippen molar-refractivity contribution in [2.75, 3.05) is 25.0 Å². The molecule has 0 unspecified atom stereocenters. The Hall–Kier alpha value is -3.60. The molecule has 0 spiro atoms. The molecule has 0 aromatic carbocycles. The smallest absolute Gasteiger partial charge is 0.341 e. The van der Waals surface area contributed by atoms with Gasteiger partial charge in [0.25, 0.3) is 11.5 Å². The lowest BCUT2D eigenvalue weighted by atomic mass is 10.1. The number of esters is 1. The van der Waals surface area contributed by atoms with Crippen molar-refractivity contribution < 1.29 is 19.1 Å². The minimum atomic E-state index is -0.629. The number of fused-ring (bicyclic) bond motifs is 1.